The van der Waals surface area contributed by atoms with Crippen LogP contribution in [-0.4, -0.2) is 56.0 Å². The van der Waals surface area contributed by atoms with Crippen molar-refractivity contribution in [3.8, 4) is 5.75 Å². The Labute approximate surface area is 121 Å². The van der Waals surface area contributed by atoms with Gasteiger partial charge in [0, 0.05) is 31.7 Å². The molecule has 0 bridgehead atoms. The predicted molar refractivity (Wildman–Crippen MR) is 80.6 cm³/mol. The molecule has 4 nitrogen and oxygen atoms in total. The number of carbonyl (C=O) groups excluding carboxylic acids is 1. The molecule has 1 saturated heterocycles. The normalized spacial score (nSPS) is 16.4. The maximum Gasteiger partial charge on any atom is 0.254 e. The van der Waals surface area contributed by atoms with Crippen molar-refractivity contribution >= 4 is 5.91 Å². The van der Waals surface area contributed by atoms with Crippen LogP contribution in [0.1, 0.15) is 27.0 Å². The number of piperazine rings is 1. The van der Waals surface area contributed by atoms with Crippen molar-refractivity contribution in [3.63, 3.8) is 0 Å². The Bertz CT molecular complexity index is 518. The molecule has 0 unspecified atom stereocenters. The molecule has 1 heterocycles. The van der Waals surface area contributed by atoms with E-state index >= 15 is 0 Å². The number of amides is 1. The summed E-state index contributed by atoms with van der Waals surface area (Å²) < 4.78 is 5.42. The smallest absolute Gasteiger partial charge is 0.254 e. The fourth-order valence-electron chi connectivity index (χ4n) is 2.77. The third-order valence-electron chi connectivity index (χ3n) is 4.25. The largest absolute Gasteiger partial charge is 0.496 e. The van der Waals surface area contributed by atoms with E-state index < -0.39 is 0 Å². The van der Waals surface area contributed by atoms with E-state index in [1.54, 1.807) is 7.11 Å². The number of methoxy groups -OCH3 is 1. The first kappa shape index (κ1) is 14.9. The van der Waals surface area contributed by atoms with Gasteiger partial charge in [-0.2, -0.15) is 0 Å². The highest BCUT2D eigenvalue weighted by Gasteiger charge is 2.23. The van der Waals surface area contributed by atoms with E-state index in [1.165, 1.54) is 0 Å². The van der Waals surface area contributed by atoms with Gasteiger partial charge in [-0.1, -0.05) is 0 Å². The first-order chi connectivity index (χ1) is 9.45. The second-order valence-electron chi connectivity index (χ2n) is 5.62. The average Bonchev–Trinajstić information content (AvgIpc) is 2.43. The summed E-state index contributed by atoms with van der Waals surface area (Å²) in [6, 6.07) is 1.96. The highest BCUT2D eigenvalue weighted by molar-refractivity contribution is 5.96. The number of carbonyl (C=O) groups is 1. The van der Waals surface area contributed by atoms with Gasteiger partial charge in [0.1, 0.15) is 5.75 Å². The molecular formula is C16H24N2O2. The van der Waals surface area contributed by atoms with Crippen molar-refractivity contribution in [1.29, 1.82) is 0 Å². The third kappa shape index (κ3) is 2.66. The number of hydrogen-bond acceptors (Lipinski definition) is 3. The lowest BCUT2D eigenvalue weighted by Gasteiger charge is -2.33. The maximum atomic E-state index is 12.7. The van der Waals surface area contributed by atoms with Crippen molar-refractivity contribution < 1.29 is 9.53 Å². The molecule has 1 aliphatic heterocycles. The molecular weight excluding hydrogens is 252 g/mol. The number of likely N-dealkylation sites (N-methyl/N-ethyl adjacent to an activating group) is 1. The Morgan fingerprint density at radius 1 is 1.10 bits per heavy atom. The average molecular weight is 276 g/mol. The second kappa shape index (κ2) is 5.83. The zero-order valence-corrected chi connectivity index (χ0v) is 13.1. The van der Waals surface area contributed by atoms with Crippen LogP contribution in [0.3, 0.4) is 0 Å². The van der Waals surface area contributed by atoms with E-state index in [0.29, 0.717) is 0 Å². The Morgan fingerprint density at radius 3 is 2.25 bits per heavy atom. The van der Waals surface area contributed by atoms with Gasteiger partial charge in [0.15, 0.2) is 0 Å². The Hall–Kier alpha value is -1.55. The minimum Gasteiger partial charge on any atom is -0.496 e. The van der Waals surface area contributed by atoms with Crippen LogP contribution in [0.15, 0.2) is 6.07 Å². The molecule has 1 aliphatic rings. The molecule has 4 heteroatoms. The number of rotatable bonds is 2. The Balaban J connectivity index is 2.31. The summed E-state index contributed by atoms with van der Waals surface area (Å²) in [5.74, 6) is 1.03. The molecule has 1 fully saturated rings. The van der Waals surface area contributed by atoms with Gasteiger partial charge < -0.3 is 14.5 Å². The number of hydrogen-bond donors (Lipinski definition) is 0. The minimum absolute atomic E-state index is 0.143. The monoisotopic (exact) mass is 276 g/mol. The lowest BCUT2D eigenvalue weighted by molar-refractivity contribution is 0.0663. The Morgan fingerprint density at radius 2 is 1.70 bits per heavy atom. The molecule has 110 valence electrons. The van der Waals surface area contributed by atoms with Crippen molar-refractivity contribution in [2.45, 2.75) is 20.8 Å². The number of ether oxygens (including phenoxy) is 1. The lowest BCUT2D eigenvalue weighted by Crippen LogP contribution is -2.47. The van der Waals surface area contributed by atoms with Crippen molar-refractivity contribution in [1.82, 2.24) is 9.80 Å². The van der Waals surface area contributed by atoms with E-state index in [9.17, 15) is 4.79 Å². The van der Waals surface area contributed by atoms with Gasteiger partial charge in [0.25, 0.3) is 5.91 Å². The van der Waals surface area contributed by atoms with E-state index in [-0.39, 0.29) is 5.91 Å². The number of nitrogens with zero attached hydrogens (tertiary/aromatic N) is 2. The topological polar surface area (TPSA) is 32.8 Å². The SMILES string of the molecule is COc1c(C)cc(C(=O)N2CCN(C)CC2)c(C)c1C. The van der Waals surface area contributed by atoms with E-state index in [4.69, 9.17) is 4.74 Å². The number of benzene rings is 1. The Kier molecular flexibility index (Phi) is 4.33. The van der Waals surface area contributed by atoms with Gasteiger partial charge in [-0.3, -0.25) is 4.79 Å². The first-order valence-electron chi connectivity index (χ1n) is 7.08. The summed E-state index contributed by atoms with van der Waals surface area (Å²) in [6.45, 7) is 9.50. The summed E-state index contributed by atoms with van der Waals surface area (Å²) >= 11 is 0. The summed E-state index contributed by atoms with van der Waals surface area (Å²) in [7, 11) is 3.77. The predicted octanol–water partition coefficient (Wildman–Crippen LogP) is 2.01. The highest BCUT2D eigenvalue weighted by atomic mass is 16.5. The molecule has 0 aromatic heterocycles. The molecule has 1 aromatic carbocycles. The van der Waals surface area contributed by atoms with Gasteiger partial charge in [-0.25, -0.2) is 0 Å². The maximum absolute atomic E-state index is 12.7. The summed E-state index contributed by atoms with van der Waals surface area (Å²) in [5, 5.41) is 0. The molecule has 0 spiro atoms. The van der Waals surface area contributed by atoms with Gasteiger partial charge in [-0.15, -0.1) is 0 Å². The van der Waals surface area contributed by atoms with E-state index in [2.05, 4.69) is 11.9 Å². The van der Waals surface area contributed by atoms with Crippen LogP contribution in [0.4, 0.5) is 0 Å². The van der Waals surface area contributed by atoms with Crippen LogP contribution in [0.5, 0.6) is 5.75 Å². The number of aryl methyl sites for hydroxylation is 1. The van der Waals surface area contributed by atoms with Crippen molar-refractivity contribution in [2.75, 3.05) is 40.3 Å². The van der Waals surface area contributed by atoms with Gasteiger partial charge >= 0.3 is 0 Å². The van der Waals surface area contributed by atoms with Crippen LogP contribution in [-0.2, 0) is 0 Å². The third-order valence-corrected chi connectivity index (χ3v) is 4.25. The first-order valence-corrected chi connectivity index (χ1v) is 7.08. The van der Waals surface area contributed by atoms with Crippen LogP contribution < -0.4 is 4.74 Å². The zero-order chi connectivity index (χ0) is 14.9. The van der Waals surface area contributed by atoms with Crippen LogP contribution >= 0.6 is 0 Å². The molecule has 20 heavy (non-hydrogen) atoms. The molecule has 0 saturated carbocycles. The second-order valence-corrected chi connectivity index (χ2v) is 5.62. The summed E-state index contributed by atoms with van der Waals surface area (Å²) in [4.78, 5) is 16.9. The summed E-state index contributed by atoms with van der Waals surface area (Å²) in [6.07, 6.45) is 0. The van der Waals surface area contributed by atoms with Crippen LogP contribution in [0.25, 0.3) is 0 Å². The molecule has 1 aromatic rings. The zero-order valence-electron chi connectivity index (χ0n) is 13.1. The van der Waals surface area contributed by atoms with Crippen molar-refractivity contribution in [3.05, 3.63) is 28.3 Å². The van der Waals surface area contributed by atoms with E-state index in [1.807, 2.05) is 31.7 Å². The standard InChI is InChI=1S/C16H24N2O2/c1-11-10-14(12(2)13(3)15(11)20-5)16(19)18-8-6-17(4)7-9-18/h10H,6-9H2,1-5H3. The van der Waals surface area contributed by atoms with Gasteiger partial charge in [0.05, 0.1) is 7.11 Å². The fraction of sp³-hybridized carbons (Fsp3) is 0.562. The minimum atomic E-state index is 0.143. The molecule has 0 radical (unpaired) electrons. The molecule has 0 aliphatic carbocycles. The lowest BCUT2D eigenvalue weighted by atomic mass is 9.97. The van der Waals surface area contributed by atoms with Crippen LogP contribution in [0.2, 0.25) is 0 Å². The quantitative estimate of drug-likeness (QED) is 0.828. The van der Waals surface area contributed by atoms with Crippen molar-refractivity contribution in [2.24, 2.45) is 0 Å². The molecule has 0 atom stereocenters. The van der Waals surface area contributed by atoms with Gasteiger partial charge in [0.2, 0.25) is 0 Å². The van der Waals surface area contributed by atoms with Crippen LogP contribution in [0, 0.1) is 20.8 Å². The molecule has 1 amide bonds. The summed E-state index contributed by atoms with van der Waals surface area (Å²) in [5.41, 5.74) is 3.92. The van der Waals surface area contributed by atoms with E-state index in [0.717, 1.165) is 54.2 Å². The fourth-order valence-corrected chi connectivity index (χ4v) is 2.77. The highest BCUT2D eigenvalue weighted by Crippen LogP contribution is 2.29. The van der Waals surface area contributed by atoms with Gasteiger partial charge in [-0.05, 0) is 50.6 Å². The molecule has 2 rings (SSSR count). The molecule has 0 N–H and O–H groups in total.